The second-order valence-electron chi connectivity index (χ2n) is 4.41. The summed E-state index contributed by atoms with van der Waals surface area (Å²) in [5.41, 5.74) is 0.805. The van der Waals surface area contributed by atoms with E-state index in [4.69, 9.17) is 4.52 Å². The second kappa shape index (κ2) is 7.37. The highest BCUT2D eigenvalue weighted by Gasteiger charge is 2.09. The first-order chi connectivity index (χ1) is 9.67. The molecule has 0 aliphatic rings. The van der Waals surface area contributed by atoms with Crippen LogP contribution in [0.25, 0.3) is 0 Å². The van der Waals surface area contributed by atoms with Gasteiger partial charge >= 0.3 is 0 Å². The molecule has 6 heteroatoms. The Balaban J connectivity index is 1.82. The van der Waals surface area contributed by atoms with Crippen LogP contribution in [0.1, 0.15) is 31.5 Å². The highest BCUT2D eigenvalue weighted by atomic mass is 127. The molecule has 0 aliphatic heterocycles. The normalized spacial score (nSPS) is 10.5. The van der Waals surface area contributed by atoms with Crippen molar-refractivity contribution in [2.45, 2.75) is 32.6 Å². The van der Waals surface area contributed by atoms with Gasteiger partial charge in [0, 0.05) is 28.5 Å². The Labute approximate surface area is 131 Å². The molecule has 2 aromatic rings. The molecule has 2 rings (SSSR count). The summed E-state index contributed by atoms with van der Waals surface area (Å²) in [4.78, 5) is 16.1. The summed E-state index contributed by atoms with van der Waals surface area (Å²) in [6, 6.07) is 7.67. The number of anilines is 1. The first-order valence-corrected chi connectivity index (χ1v) is 7.62. The van der Waals surface area contributed by atoms with Gasteiger partial charge in [0.15, 0.2) is 5.82 Å². The zero-order valence-electron chi connectivity index (χ0n) is 11.2. The van der Waals surface area contributed by atoms with E-state index in [2.05, 4.69) is 45.0 Å². The lowest BCUT2D eigenvalue weighted by Gasteiger charge is -2.04. The quantitative estimate of drug-likeness (QED) is 0.776. The van der Waals surface area contributed by atoms with Crippen molar-refractivity contribution < 1.29 is 9.32 Å². The molecular weight excluding hydrogens is 369 g/mol. The zero-order valence-corrected chi connectivity index (χ0v) is 13.4. The van der Waals surface area contributed by atoms with Crippen LogP contribution in [-0.2, 0) is 17.6 Å². The summed E-state index contributed by atoms with van der Waals surface area (Å²) in [5.74, 6) is 1.18. The van der Waals surface area contributed by atoms with Crippen LogP contribution in [-0.4, -0.2) is 16.0 Å². The van der Waals surface area contributed by atoms with Gasteiger partial charge in [0.2, 0.25) is 11.8 Å². The van der Waals surface area contributed by atoms with Crippen LogP contribution in [0, 0.1) is 3.57 Å². The molecule has 0 saturated carbocycles. The van der Waals surface area contributed by atoms with Crippen LogP contribution >= 0.6 is 22.6 Å². The number of aromatic nitrogens is 2. The standard InChI is InChI=1S/C14H16IN3O2/c1-2-4-12-17-14(20-18-12)8-7-13(19)16-11-6-3-5-10(15)9-11/h3,5-6,9H,2,4,7-8H2,1H3,(H,16,19). The molecule has 1 amide bonds. The van der Waals surface area contributed by atoms with E-state index in [0.29, 0.717) is 24.6 Å². The largest absolute Gasteiger partial charge is 0.339 e. The topological polar surface area (TPSA) is 68.0 Å². The number of amides is 1. The predicted molar refractivity (Wildman–Crippen MR) is 84.4 cm³/mol. The second-order valence-corrected chi connectivity index (χ2v) is 5.66. The lowest BCUT2D eigenvalue weighted by atomic mass is 10.2. The molecule has 0 saturated heterocycles. The lowest BCUT2D eigenvalue weighted by Crippen LogP contribution is -2.12. The van der Waals surface area contributed by atoms with Gasteiger partial charge in [-0.15, -0.1) is 0 Å². The van der Waals surface area contributed by atoms with Crippen LogP contribution in [0.4, 0.5) is 5.69 Å². The highest BCUT2D eigenvalue weighted by Crippen LogP contribution is 2.13. The third-order valence-corrected chi connectivity index (χ3v) is 3.33. The minimum atomic E-state index is -0.0535. The maximum atomic E-state index is 11.8. The number of hydrogen-bond donors (Lipinski definition) is 1. The van der Waals surface area contributed by atoms with E-state index < -0.39 is 0 Å². The van der Waals surface area contributed by atoms with E-state index >= 15 is 0 Å². The predicted octanol–water partition coefficient (Wildman–Crippen LogP) is 3.20. The van der Waals surface area contributed by atoms with Crippen LogP contribution in [0.3, 0.4) is 0 Å². The van der Waals surface area contributed by atoms with Gasteiger partial charge in [-0.2, -0.15) is 4.98 Å². The molecule has 0 radical (unpaired) electrons. The average Bonchev–Trinajstić information content (AvgIpc) is 2.85. The van der Waals surface area contributed by atoms with Crippen molar-refractivity contribution in [3.05, 3.63) is 39.6 Å². The summed E-state index contributed by atoms with van der Waals surface area (Å²) in [7, 11) is 0. The molecule has 1 heterocycles. The highest BCUT2D eigenvalue weighted by molar-refractivity contribution is 14.1. The van der Waals surface area contributed by atoms with Crippen molar-refractivity contribution in [2.75, 3.05) is 5.32 Å². The van der Waals surface area contributed by atoms with E-state index in [0.717, 1.165) is 22.1 Å². The third-order valence-electron chi connectivity index (χ3n) is 2.66. The third kappa shape index (κ3) is 4.59. The number of benzene rings is 1. The minimum absolute atomic E-state index is 0.0535. The maximum absolute atomic E-state index is 11.8. The lowest BCUT2D eigenvalue weighted by molar-refractivity contribution is -0.116. The van der Waals surface area contributed by atoms with Gasteiger partial charge in [0.1, 0.15) is 0 Å². The van der Waals surface area contributed by atoms with Gasteiger partial charge in [0.25, 0.3) is 0 Å². The summed E-state index contributed by atoms with van der Waals surface area (Å²) in [5, 5.41) is 6.71. The van der Waals surface area contributed by atoms with E-state index in [1.807, 2.05) is 24.3 Å². The van der Waals surface area contributed by atoms with Gasteiger partial charge in [0.05, 0.1) is 0 Å². The molecule has 1 aromatic heterocycles. The SMILES string of the molecule is CCCc1noc(CCC(=O)Nc2cccc(I)c2)n1. The number of carbonyl (C=O) groups is 1. The Bertz CT molecular complexity index is 583. The van der Waals surface area contributed by atoms with Crippen LogP contribution in [0.2, 0.25) is 0 Å². The molecule has 0 unspecified atom stereocenters. The smallest absolute Gasteiger partial charge is 0.227 e. The first kappa shape index (κ1) is 15.0. The van der Waals surface area contributed by atoms with Crippen molar-refractivity contribution in [1.29, 1.82) is 0 Å². The fraction of sp³-hybridized carbons (Fsp3) is 0.357. The molecule has 0 aliphatic carbocycles. The van der Waals surface area contributed by atoms with E-state index in [9.17, 15) is 4.79 Å². The number of hydrogen-bond acceptors (Lipinski definition) is 4. The fourth-order valence-electron chi connectivity index (χ4n) is 1.73. The summed E-state index contributed by atoms with van der Waals surface area (Å²) < 4.78 is 6.18. The van der Waals surface area contributed by atoms with Crippen molar-refractivity contribution in [3.8, 4) is 0 Å². The number of nitrogens with one attached hydrogen (secondary N) is 1. The average molecular weight is 385 g/mol. The summed E-state index contributed by atoms with van der Waals surface area (Å²) in [6.45, 7) is 2.06. The number of nitrogens with zero attached hydrogens (tertiary/aromatic N) is 2. The molecule has 0 spiro atoms. The molecule has 20 heavy (non-hydrogen) atoms. The van der Waals surface area contributed by atoms with E-state index in [1.165, 1.54) is 0 Å². The van der Waals surface area contributed by atoms with Gasteiger partial charge < -0.3 is 9.84 Å². The molecular formula is C14H16IN3O2. The number of rotatable bonds is 6. The summed E-state index contributed by atoms with van der Waals surface area (Å²) in [6.07, 6.45) is 2.58. The number of halogens is 1. The Morgan fingerprint density at radius 2 is 2.25 bits per heavy atom. The van der Waals surface area contributed by atoms with Gasteiger partial charge in [-0.1, -0.05) is 18.1 Å². The van der Waals surface area contributed by atoms with Gasteiger partial charge in [-0.3, -0.25) is 4.79 Å². The molecule has 0 bridgehead atoms. The summed E-state index contributed by atoms with van der Waals surface area (Å²) >= 11 is 2.21. The first-order valence-electron chi connectivity index (χ1n) is 6.54. The zero-order chi connectivity index (χ0) is 14.4. The van der Waals surface area contributed by atoms with Gasteiger partial charge in [-0.05, 0) is 47.2 Å². The molecule has 1 N–H and O–H groups in total. The van der Waals surface area contributed by atoms with Crippen LogP contribution in [0.15, 0.2) is 28.8 Å². The number of carbonyl (C=O) groups excluding carboxylic acids is 1. The minimum Gasteiger partial charge on any atom is -0.339 e. The Hall–Kier alpha value is -1.44. The monoisotopic (exact) mass is 385 g/mol. The molecule has 0 fully saturated rings. The molecule has 0 atom stereocenters. The maximum Gasteiger partial charge on any atom is 0.227 e. The number of aryl methyl sites for hydroxylation is 2. The van der Waals surface area contributed by atoms with Crippen molar-refractivity contribution in [2.24, 2.45) is 0 Å². The van der Waals surface area contributed by atoms with Crippen molar-refractivity contribution in [3.63, 3.8) is 0 Å². The van der Waals surface area contributed by atoms with Crippen molar-refractivity contribution >= 4 is 34.2 Å². The fourth-order valence-corrected chi connectivity index (χ4v) is 2.27. The molecule has 106 valence electrons. The van der Waals surface area contributed by atoms with E-state index in [-0.39, 0.29) is 5.91 Å². The van der Waals surface area contributed by atoms with Crippen LogP contribution in [0.5, 0.6) is 0 Å². The Kier molecular flexibility index (Phi) is 5.51. The van der Waals surface area contributed by atoms with Crippen LogP contribution < -0.4 is 5.32 Å². The molecule has 1 aromatic carbocycles. The van der Waals surface area contributed by atoms with Gasteiger partial charge in [-0.25, -0.2) is 0 Å². The van der Waals surface area contributed by atoms with Crippen molar-refractivity contribution in [1.82, 2.24) is 10.1 Å². The van der Waals surface area contributed by atoms with E-state index in [1.54, 1.807) is 0 Å². The Morgan fingerprint density at radius 1 is 1.40 bits per heavy atom. The molecule has 5 nitrogen and oxygen atoms in total. The Morgan fingerprint density at radius 3 is 3.00 bits per heavy atom.